The summed E-state index contributed by atoms with van der Waals surface area (Å²) in [5.41, 5.74) is 5.77. The molecule has 2 saturated heterocycles. The summed E-state index contributed by atoms with van der Waals surface area (Å²) in [6, 6.07) is 8.83. The van der Waals surface area contributed by atoms with E-state index in [1.807, 2.05) is 6.92 Å². The molecule has 4 N–H and O–H groups in total. The van der Waals surface area contributed by atoms with E-state index in [0.717, 1.165) is 37.5 Å². The van der Waals surface area contributed by atoms with Crippen molar-refractivity contribution < 1.29 is 60.9 Å². The normalized spacial score (nSPS) is 14.8. The number of halogens is 4. The number of carboxylic acid groups (broad SMARTS) is 1. The highest BCUT2D eigenvalue weighted by atomic mass is 19.2. The van der Waals surface area contributed by atoms with Gasteiger partial charge in [-0.25, -0.2) is 22.4 Å². The fourth-order valence-electron chi connectivity index (χ4n) is 5.27. The molecule has 13 nitrogen and oxygen atoms in total. The van der Waals surface area contributed by atoms with Gasteiger partial charge in [0.25, 0.3) is 17.5 Å². The van der Waals surface area contributed by atoms with Crippen LogP contribution in [0, 0.1) is 23.3 Å². The van der Waals surface area contributed by atoms with E-state index < -0.39 is 58.0 Å². The van der Waals surface area contributed by atoms with Crippen LogP contribution in [0.3, 0.4) is 0 Å². The Morgan fingerprint density at radius 1 is 0.691 bits per heavy atom. The van der Waals surface area contributed by atoms with E-state index in [1.165, 1.54) is 52.8 Å². The van der Waals surface area contributed by atoms with Gasteiger partial charge < -0.3 is 34.8 Å². The summed E-state index contributed by atoms with van der Waals surface area (Å²) in [4.78, 5) is 71.0. The van der Waals surface area contributed by atoms with E-state index in [4.69, 9.17) is 20.3 Å². The van der Waals surface area contributed by atoms with E-state index in [0.29, 0.717) is 18.8 Å². The number of rotatable bonds is 11. The number of carbonyl (C=O) groups excluding carboxylic acids is 5. The van der Waals surface area contributed by atoms with Gasteiger partial charge in [-0.15, -0.1) is 0 Å². The van der Waals surface area contributed by atoms with Gasteiger partial charge in [0.15, 0.2) is 34.8 Å². The summed E-state index contributed by atoms with van der Waals surface area (Å²) in [6.07, 6.45) is 2.26. The Morgan fingerprint density at radius 3 is 1.42 bits per heavy atom. The number of aliphatic carboxylic acids is 1. The molecule has 2 aromatic heterocycles. The number of benzene rings is 2. The maximum atomic E-state index is 13.3. The lowest BCUT2D eigenvalue weighted by molar-refractivity contribution is -0.131. The number of nitrogens with zero attached hydrogens (tertiary/aromatic N) is 2. The average molecular weight is 771 g/mol. The third-order valence-corrected chi connectivity index (χ3v) is 8.32. The Morgan fingerprint density at radius 2 is 1.09 bits per heavy atom. The van der Waals surface area contributed by atoms with Crippen molar-refractivity contribution in [1.82, 2.24) is 14.5 Å². The molecule has 0 unspecified atom stereocenters. The van der Waals surface area contributed by atoms with Crippen molar-refractivity contribution in [2.45, 2.75) is 37.8 Å². The average Bonchev–Trinajstić information content (AvgIpc) is 3.69. The van der Waals surface area contributed by atoms with Crippen LogP contribution in [0.4, 0.5) is 17.6 Å². The Balaban J connectivity index is 0.000000215. The number of amides is 1. The van der Waals surface area contributed by atoms with E-state index in [1.54, 1.807) is 14.0 Å². The molecule has 2 aliphatic rings. The number of hydrogen-bond donors (Lipinski definition) is 3. The highest BCUT2D eigenvalue weighted by Gasteiger charge is 2.37. The minimum Gasteiger partial charge on any atom is -0.475 e. The van der Waals surface area contributed by atoms with Crippen molar-refractivity contribution in [3.8, 4) is 0 Å². The summed E-state index contributed by atoms with van der Waals surface area (Å²) in [7, 11) is 3.05. The molecule has 0 aliphatic carbocycles. The molecule has 0 bridgehead atoms. The lowest BCUT2D eigenvalue weighted by Crippen LogP contribution is -2.61. The van der Waals surface area contributed by atoms with Crippen molar-refractivity contribution in [3.63, 3.8) is 0 Å². The third kappa shape index (κ3) is 10.9. The number of aromatic nitrogens is 2. The fourth-order valence-corrected chi connectivity index (χ4v) is 5.27. The second-order valence-corrected chi connectivity index (χ2v) is 13.8. The lowest BCUT2D eigenvalue weighted by atomic mass is 10.00. The third-order valence-electron chi connectivity index (χ3n) is 8.32. The Kier molecular flexibility index (Phi) is 13.1. The number of ether oxygens (including phenoxy) is 2. The van der Waals surface area contributed by atoms with Crippen molar-refractivity contribution in [1.29, 1.82) is 0 Å². The van der Waals surface area contributed by atoms with Crippen LogP contribution in [-0.2, 0) is 46.0 Å². The number of hydrogen-bond acceptors (Lipinski definition) is 9. The summed E-state index contributed by atoms with van der Waals surface area (Å²) >= 11 is 0. The molecule has 4 aromatic rings. The molecule has 6 rings (SSSR count). The monoisotopic (exact) mass is 770 g/mol. The Labute approximate surface area is 312 Å². The van der Waals surface area contributed by atoms with Crippen molar-refractivity contribution in [3.05, 3.63) is 118 Å². The maximum Gasteiger partial charge on any atom is 0.377 e. The number of carboxylic acids is 1. The molecule has 0 saturated carbocycles. The molecule has 292 valence electrons. The van der Waals surface area contributed by atoms with Gasteiger partial charge in [-0.1, -0.05) is 12.1 Å². The topological polar surface area (TPSA) is 189 Å². The van der Waals surface area contributed by atoms with E-state index in [2.05, 4.69) is 5.32 Å². The molecule has 2 fully saturated rings. The second kappa shape index (κ2) is 17.1. The number of nitrogens with two attached hydrogens (primary N) is 1. The summed E-state index contributed by atoms with van der Waals surface area (Å²) < 4.78 is 64.8. The number of carbonyl (C=O) groups is 6. The van der Waals surface area contributed by atoms with Crippen molar-refractivity contribution in [2.75, 3.05) is 26.4 Å². The molecule has 0 atom stereocenters. The SMILES string of the molecule is CC1(N)COC1.Cn1cc(C(=O)C(=O)NC2(C)COC2)cc1C(=O)Cc1ccc(F)c(F)c1.Cn1cc(C(=O)C(=O)O)cc1C(=O)Cc1ccc(F)c(F)c1. The fraction of sp³-hybridized carbons (Fsp3) is 0.316. The molecule has 4 heterocycles. The Hall–Kier alpha value is -5.78. The predicted molar refractivity (Wildman–Crippen MR) is 187 cm³/mol. The Bertz CT molecular complexity index is 2150. The summed E-state index contributed by atoms with van der Waals surface area (Å²) in [6.45, 7) is 5.87. The van der Waals surface area contributed by atoms with Gasteiger partial charge in [0, 0.05) is 50.5 Å². The second-order valence-electron chi connectivity index (χ2n) is 13.8. The lowest BCUT2D eigenvalue weighted by Gasteiger charge is -2.38. The van der Waals surface area contributed by atoms with Gasteiger partial charge in [0.05, 0.1) is 48.9 Å². The number of nitrogens with one attached hydrogen (secondary N) is 1. The van der Waals surface area contributed by atoms with Crippen LogP contribution in [-0.4, -0.2) is 86.8 Å². The quantitative estimate of drug-likeness (QED) is 0.116. The van der Waals surface area contributed by atoms with E-state index in [9.17, 15) is 46.3 Å². The zero-order valence-corrected chi connectivity index (χ0v) is 30.2. The molecule has 1 amide bonds. The van der Waals surface area contributed by atoms with Gasteiger partial charge in [-0.2, -0.15) is 0 Å². The van der Waals surface area contributed by atoms with Gasteiger partial charge in [0.2, 0.25) is 0 Å². The molecular weight excluding hydrogens is 732 g/mol. The van der Waals surface area contributed by atoms with Crippen LogP contribution in [0.1, 0.15) is 66.7 Å². The molecule has 0 radical (unpaired) electrons. The predicted octanol–water partition coefficient (Wildman–Crippen LogP) is 3.55. The van der Waals surface area contributed by atoms with Gasteiger partial charge in [-0.05, 0) is 61.4 Å². The number of aryl methyl sites for hydroxylation is 2. The first-order valence-corrected chi connectivity index (χ1v) is 16.5. The van der Waals surface area contributed by atoms with E-state index >= 15 is 0 Å². The molecule has 17 heteroatoms. The number of Topliss-reactive ketones (excluding diaryl/α,β-unsaturated/α-hetero) is 4. The van der Waals surface area contributed by atoms with Crippen LogP contribution in [0.5, 0.6) is 0 Å². The maximum absolute atomic E-state index is 13.3. The standard InChI is InChI=1S/C19H18F2N2O4.C15H11F2NO4.C4H9NO/c1-19(9-27-10-19)22-18(26)17(25)12-7-15(23(2)8-12)16(24)6-11-3-4-13(20)14(21)5-11;1-18-7-9(14(20)15(21)22)6-12(18)13(19)5-8-2-3-10(16)11(17)4-8;1-4(5)2-6-3-4/h3-5,7-8H,6,9-10H2,1-2H3,(H,22,26);2-4,6-7H,5H2,1H3,(H,21,22);2-3,5H2,1H3. The van der Waals surface area contributed by atoms with Gasteiger partial charge >= 0.3 is 5.97 Å². The largest absolute Gasteiger partial charge is 0.475 e. The van der Waals surface area contributed by atoms with Gasteiger partial charge in [-0.3, -0.25) is 24.0 Å². The number of ketones is 4. The summed E-state index contributed by atoms with van der Waals surface area (Å²) in [5, 5.41) is 11.3. The van der Waals surface area contributed by atoms with Crippen LogP contribution in [0.25, 0.3) is 0 Å². The molecular formula is C38H38F4N4O9. The van der Waals surface area contributed by atoms with Crippen molar-refractivity contribution in [2.24, 2.45) is 19.8 Å². The first-order chi connectivity index (χ1) is 25.7. The first-order valence-electron chi connectivity index (χ1n) is 16.5. The highest BCUT2D eigenvalue weighted by molar-refractivity contribution is 6.43. The zero-order chi connectivity index (χ0) is 40.8. The molecule has 0 spiro atoms. The van der Waals surface area contributed by atoms with Crippen molar-refractivity contribution >= 4 is 35.0 Å². The van der Waals surface area contributed by atoms with Crippen LogP contribution < -0.4 is 11.1 Å². The smallest absolute Gasteiger partial charge is 0.377 e. The molecule has 55 heavy (non-hydrogen) atoms. The minimum absolute atomic E-state index is 0. The molecule has 2 aromatic carbocycles. The first kappa shape index (κ1) is 42.0. The molecule has 2 aliphatic heterocycles. The van der Waals surface area contributed by atoms with Crippen LogP contribution >= 0.6 is 0 Å². The minimum atomic E-state index is -1.62. The van der Waals surface area contributed by atoms with Gasteiger partial charge in [0.1, 0.15) is 0 Å². The van der Waals surface area contributed by atoms with Crippen LogP contribution in [0.2, 0.25) is 0 Å². The van der Waals surface area contributed by atoms with E-state index in [-0.39, 0.29) is 52.2 Å². The van der Waals surface area contributed by atoms with Crippen LogP contribution in [0.15, 0.2) is 60.9 Å². The zero-order valence-electron chi connectivity index (χ0n) is 30.2. The highest BCUT2D eigenvalue weighted by Crippen LogP contribution is 2.18. The summed E-state index contributed by atoms with van der Waals surface area (Å²) in [5.74, 6) is -9.20.